The Labute approximate surface area is 86.2 Å². The van der Waals surface area contributed by atoms with Crippen molar-refractivity contribution in [1.82, 2.24) is 4.90 Å². The third-order valence-corrected chi connectivity index (χ3v) is 4.00. The average Bonchev–Trinajstić information content (AvgIpc) is 2.08. The lowest BCUT2D eigenvalue weighted by atomic mass is 10.0. The molecule has 0 radical (unpaired) electrons. The van der Waals surface area contributed by atoms with Crippen molar-refractivity contribution in [2.24, 2.45) is 11.7 Å². The van der Waals surface area contributed by atoms with Gasteiger partial charge in [0.05, 0.1) is 0 Å². The van der Waals surface area contributed by atoms with Gasteiger partial charge in [-0.05, 0) is 12.8 Å². The molecule has 2 atom stereocenters. The van der Waals surface area contributed by atoms with Crippen LogP contribution in [0, 0.1) is 5.92 Å². The summed E-state index contributed by atoms with van der Waals surface area (Å²) >= 11 is 2.06. The molecule has 0 aliphatic carbocycles. The first kappa shape index (κ1) is 11.3. The number of nitrogens with zero attached hydrogens (tertiary/aromatic N) is 1. The van der Waals surface area contributed by atoms with Gasteiger partial charge in [-0.1, -0.05) is 13.8 Å². The molecule has 3 heteroatoms. The number of hydrogen-bond acceptors (Lipinski definition) is 3. The number of nitrogens with two attached hydrogens (primary N) is 1. The maximum absolute atomic E-state index is 6.06. The number of rotatable bonds is 3. The molecule has 0 aromatic heterocycles. The number of hydrogen-bond donors (Lipinski definition) is 1. The maximum Gasteiger partial charge on any atom is 0.0191 e. The molecule has 1 heterocycles. The highest BCUT2D eigenvalue weighted by Crippen LogP contribution is 2.16. The van der Waals surface area contributed by atoms with Gasteiger partial charge < -0.3 is 5.73 Å². The molecular weight excluding hydrogens is 180 g/mol. The van der Waals surface area contributed by atoms with Crippen molar-refractivity contribution in [3.05, 3.63) is 0 Å². The maximum atomic E-state index is 6.06. The zero-order valence-electron chi connectivity index (χ0n) is 8.99. The van der Waals surface area contributed by atoms with Gasteiger partial charge in [0.1, 0.15) is 0 Å². The summed E-state index contributed by atoms with van der Waals surface area (Å²) in [7, 11) is 0. The lowest BCUT2D eigenvalue weighted by molar-refractivity contribution is 0.203. The molecule has 2 unspecified atom stereocenters. The Bertz CT molecular complexity index is 150. The molecule has 0 aromatic rings. The van der Waals surface area contributed by atoms with Gasteiger partial charge in [0, 0.05) is 36.7 Å². The van der Waals surface area contributed by atoms with Crippen molar-refractivity contribution in [2.45, 2.75) is 32.9 Å². The van der Waals surface area contributed by atoms with Crippen LogP contribution in [0.2, 0.25) is 0 Å². The Kier molecular flexibility index (Phi) is 4.56. The summed E-state index contributed by atoms with van der Waals surface area (Å²) in [5.41, 5.74) is 6.06. The van der Waals surface area contributed by atoms with Crippen LogP contribution >= 0.6 is 11.8 Å². The standard InChI is InChI=1S/C10H22N2S/c1-8(2)10(11)6-12-4-5-13-7-9(12)3/h8-10H,4-7,11H2,1-3H3. The van der Waals surface area contributed by atoms with Gasteiger partial charge >= 0.3 is 0 Å². The van der Waals surface area contributed by atoms with E-state index in [9.17, 15) is 0 Å². The molecule has 13 heavy (non-hydrogen) atoms. The Morgan fingerprint density at radius 1 is 1.54 bits per heavy atom. The lowest BCUT2D eigenvalue weighted by Gasteiger charge is -2.35. The first-order chi connectivity index (χ1) is 6.11. The summed E-state index contributed by atoms with van der Waals surface area (Å²) < 4.78 is 0. The minimum atomic E-state index is 0.338. The van der Waals surface area contributed by atoms with Gasteiger partial charge in [-0.15, -0.1) is 0 Å². The Morgan fingerprint density at radius 2 is 2.23 bits per heavy atom. The van der Waals surface area contributed by atoms with Crippen LogP contribution in [-0.4, -0.2) is 41.6 Å². The van der Waals surface area contributed by atoms with Crippen LogP contribution in [0.5, 0.6) is 0 Å². The second-order valence-corrected chi connectivity index (χ2v) is 5.48. The van der Waals surface area contributed by atoms with E-state index < -0.39 is 0 Å². The highest BCUT2D eigenvalue weighted by molar-refractivity contribution is 7.99. The number of thioether (sulfide) groups is 1. The first-order valence-corrected chi connectivity index (χ1v) is 6.34. The molecule has 1 rings (SSSR count). The van der Waals surface area contributed by atoms with E-state index in [1.807, 2.05) is 0 Å². The predicted molar refractivity (Wildman–Crippen MR) is 61.2 cm³/mol. The van der Waals surface area contributed by atoms with Gasteiger partial charge in [0.15, 0.2) is 0 Å². The molecular formula is C10H22N2S. The SMILES string of the molecule is CC(C)C(N)CN1CCSCC1C. The van der Waals surface area contributed by atoms with Crippen molar-refractivity contribution in [3.63, 3.8) is 0 Å². The van der Waals surface area contributed by atoms with Crippen molar-refractivity contribution in [1.29, 1.82) is 0 Å². The molecule has 1 aliphatic rings. The third kappa shape index (κ3) is 3.49. The quantitative estimate of drug-likeness (QED) is 0.750. The van der Waals surface area contributed by atoms with E-state index in [1.165, 1.54) is 18.1 Å². The molecule has 0 saturated carbocycles. The normalized spacial score (nSPS) is 27.9. The molecule has 2 N–H and O–H groups in total. The van der Waals surface area contributed by atoms with Crippen LogP contribution in [0.15, 0.2) is 0 Å². The second kappa shape index (κ2) is 5.23. The molecule has 0 amide bonds. The van der Waals surface area contributed by atoms with E-state index in [1.54, 1.807) is 0 Å². The van der Waals surface area contributed by atoms with Crippen molar-refractivity contribution >= 4 is 11.8 Å². The molecule has 1 aliphatic heterocycles. The van der Waals surface area contributed by atoms with E-state index >= 15 is 0 Å². The van der Waals surface area contributed by atoms with Gasteiger partial charge in [0.2, 0.25) is 0 Å². The van der Waals surface area contributed by atoms with Gasteiger partial charge in [-0.2, -0.15) is 11.8 Å². The smallest absolute Gasteiger partial charge is 0.0191 e. The van der Waals surface area contributed by atoms with E-state index in [0.717, 1.165) is 6.54 Å². The van der Waals surface area contributed by atoms with E-state index in [-0.39, 0.29) is 0 Å². The fourth-order valence-corrected chi connectivity index (χ4v) is 2.60. The molecule has 78 valence electrons. The molecule has 1 saturated heterocycles. The topological polar surface area (TPSA) is 29.3 Å². The zero-order chi connectivity index (χ0) is 9.84. The second-order valence-electron chi connectivity index (χ2n) is 4.33. The van der Waals surface area contributed by atoms with Crippen LogP contribution in [-0.2, 0) is 0 Å². The Morgan fingerprint density at radius 3 is 2.77 bits per heavy atom. The van der Waals surface area contributed by atoms with Crippen LogP contribution in [0.1, 0.15) is 20.8 Å². The van der Waals surface area contributed by atoms with Crippen LogP contribution in [0.3, 0.4) is 0 Å². The summed E-state index contributed by atoms with van der Waals surface area (Å²) in [5, 5.41) is 0. The summed E-state index contributed by atoms with van der Waals surface area (Å²) in [4.78, 5) is 2.53. The third-order valence-electron chi connectivity index (χ3n) is 2.81. The van der Waals surface area contributed by atoms with Crippen LogP contribution < -0.4 is 5.73 Å². The fourth-order valence-electron chi connectivity index (χ4n) is 1.51. The molecule has 0 spiro atoms. The average molecular weight is 202 g/mol. The summed E-state index contributed by atoms with van der Waals surface area (Å²) in [5.74, 6) is 3.14. The first-order valence-electron chi connectivity index (χ1n) is 5.18. The Balaban J connectivity index is 2.33. The Hall–Kier alpha value is 0.270. The van der Waals surface area contributed by atoms with E-state index in [4.69, 9.17) is 5.73 Å². The van der Waals surface area contributed by atoms with E-state index in [0.29, 0.717) is 18.0 Å². The molecule has 0 bridgehead atoms. The largest absolute Gasteiger partial charge is 0.326 e. The molecule has 1 fully saturated rings. The summed E-state index contributed by atoms with van der Waals surface area (Å²) in [6.45, 7) is 8.99. The lowest BCUT2D eigenvalue weighted by Crippen LogP contribution is -2.48. The van der Waals surface area contributed by atoms with Crippen molar-refractivity contribution in [2.75, 3.05) is 24.6 Å². The zero-order valence-corrected chi connectivity index (χ0v) is 9.81. The van der Waals surface area contributed by atoms with Crippen LogP contribution in [0.4, 0.5) is 0 Å². The predicted octanol–water partition coefficient (Wildman–Crippen LogP) is 1.41. The minimum Gasteiger partial charge on any atom is -0.326 e. The van der Waals surface area contributed by atoms with Gasteiger partial charge in [-0.25, -0.2) is 0 Å². The molecule has 2 nitrogen and oxygen atoms in total. The highest BCUT2D eigenvalue weighted by atomic mass is 32.2. The minimum absolute atomic E-state index is 0.338. The fraction of sp³-hybridized carbons (Fsp3) is 1.00. The summed E-state index contributed by atoms with van der Waals surface area (Å²) in [6.07, 6.45) is 0. The summed E-state index contributed by atoms with van der Waals surface area (Å²) in [6, 6.07) is 1.05. The monoisotopic (exact) mass is 202 g/mol. The van der Waals surface area contributed by atoms with Crippen LogP contribution in [0.25, 0.3) is 0 Å². The van der Waals surface area contributed by atoms with Crippen molar-refractivity contribution in [3.8, 4) is 0 Å². The van der Waals surface area contributed by atoms with Gasteiger partial charge in [0.25, 0.3) is 0 Å². The van der Waals surface area contributed by atoms with Crippen molar-refractivity contribution < 1.29 is 0 Å². The van der Waals surface area contributed by atoms with Gasteiger partial charge in [-0.3, -0.25) is 4.90 Å². The highest BCUT2D eigenvalue weighted by Gasteiger charge is 2.21. The van der Waals surface area contributed by atoms with E-state index in [2.05, 4.69) is 37.4 Å². The molecule has 0 aromatic carbocycles.